The first-order valence-corrected chi connectivity index (χ1v) is 8.75. The fourth-order valence-corrected chi connectivity index (χ4v) is 3.09. The molecule has 2 aromatic carbocycles. The summed E-state index contributed by atoms with van der Waals surface area (Å²) >= 11 is 0. The molecule has 26 heavy (non-hydrogen) atoms. The lowest BCUT2D eigenvalue weighted by atomic mass is 10.1. The number of hydrogen-bond acceptors (Lipinski definition) is 5. The van der Waals surface area contributed by atoms with Crippen molar-refractivity contribution >= 4 is 23.0 Å². The van der Waals surface area contributed by atoms with Gasteiger partial charge in [0.05, 0.1) is 31.6 Å². The predicted molar refractivity (Wildman–Crippen MR) is 104 cm³/mol. The molecule has 0 aromatic heterocycles. The number of nitrogens with two attached hydrogens (primary N) is 1. The van der Waals surface area contributed by atoms with E-state index in [0.29, 0.717) is 23.7 Å². The average molecular weight is 355 g/mol. The fraction of sp³-hybridized carbons (Fsp3) is 0.350. The third-order valence-electron chi connectivity index (χ3n) is 4.46. The van der Waals surface area contributed by atoms with Gasteiger partial charge in [0.25, 0.3) is 0 Å². The number of benzene rings is 2. The third kappa shape index (κ3) is 3.85. The molecule has 1 aliphatic rings. The van der Waals surface area contributed by atoms with Gasteiger partial charge in [-0.15, -0.1) is 0 Å². The lowest BCUT2D eigenvalue weighted by Gasteiger charge is -2.35. The second kappa shape index (κ2) is 7.56. The summed E-state index contributed by atoms with van der Waals surface area (Å²) in [6.07, 6.45) is 0.917. The SMILES string of the molecule is CCC1CN(CC(=O)Nc2cc(C)ccc2OC)c2cc(N)ccc2O1. The van der Waals surface area contributed by atoms with Gasteiger partial charge in [-0.05, 0) is 49.2 Å². The number of methoxy groups -OCH3 is 1. The first kappa shape index (κ1) is 17.9. The van der Waals surface area contributed by atoms with E-state index >= 15 is 0 Å². The van der Waals surface area contributed by atoms with Crippen molar-refractivity contribution in [1.82, 2.24) is 0 Å². The van der Waals surface area contributed by atoms with E-state index in [0.717, 1.165) is 23.4 Å². The Morgan fingerprint density at radius 2 is 2.15 bits per heavy atom. The molecule has 6 heteroatoms. The van der Waals surface area contributed by atoms with Crippen molar-refractivity contribution in [2.75, 3.05) is 36.1 Å². The molecule has 0 spiro atoms. The molecule has 0 bridgehead atoms. The van der Waals surface area contributed by atoms with Gasteiger partial charge in [0.2, 0.25) is 5.91 Å². The number of hydrogen-bond donors (Lipinski definition) is 2. The molecular weight excluding hydrogens is 330 g/mol. The zero-order chi connectivity index (χ0) is 18.7. The Morgan fingerprint density at radius 1 is 1.35 bits per heavy atom. The van der Waals surface area contributed by atoms with Crippen LogP contribution in [0.2, 0.25) is 0 Å². The van der Waals surface area contributed by atoms with Crippen LogP contribution in [-0.2, 0) is 4.79 Å². The highest BCUT2D eigenvalue weighted by atomic mass is 16.5. The zero-order valence-electron chi connectivity index (χ0n) is 15.4. The molecule has 6 nitrogen and oxygen atoms in total. The Balaban J connectivity index is 1.79. The molecular formula is C20H25N3O3. The van der Waals surface area contributed by atoms with Crippen molar-refractivity contribution in [1.29, 1.82) is 0 Å². The normalized spacial score (nSPS) is 15.8. The molecule has 0 aliphatic carbocycles. The van der Waals surface area contributed by atoms with Crippen LogP contribution >= 0.6 is 0 Å². The van der Waals surface area contributed by atoms with Gasteiger partial charge < -0.3 is 25.4 Å². The van der Waals surface area contributed by atoms with Crippen molar-refractivity contribution in [2.24, 2.45) is 0 Å². The standard InChI is InChI=1S/C20H25N3O3/c1-4-15-11-23(17-10-14(21)6-8-19(17)26-15)12-20(24)22-16-9-13(2)5-7-18(16)25-3/h5-10,15H,4,11-12,21H2,1-3H3,(H,22,24). The molecule has 1 heterocycles. The Hall–Kier alpha value is -2.89. The van der Waals surface area contributed by atoms with E-state index in [1.54, 1.807) is 7.11 Å². The molecule has 3 N–H and O–H groups in total. The summed E-state index contributed by atoms with van der Waals surface area (Å²) in [6, 6.07) is 11.2. The highest BCUT2D eigenvalue weighted by Gasteiger charge is 2.26. The van der Waals surface area contributed by atoms with Crippen molar-refractivity contribution in [3.63, 3.8) is 0 Å². The van der Waals surface area contributed by atoms with Crippen molar-refractivity contribution < 1.29 is 14.3 Å². The number of aryl methyl sites for hydroxylation is 1. The van der Waals surface area contributed by atoms with Gasteiger partial charge in [0, 0.05) is 5.69 Å². The largest absolute Gasteiger partial charge is 0.495 e. The highest BCUT2D eigenvalue weighted by Crippen LogP contribution is 2.35. The van der Waals surface area contributed by atoms with Crippen molar-refractivity contribution in [3.8, 4) is 11.5 Å². The van der Waals surface area contributed by atoms with Gasteiger partial charge in [-0.2, -0.15) is 0 Å². The molecule has 0 saturated heterocycles. The Bertz CT molecular complexity index is 807. The number of carbonyl (C=O) groups is 1. The van der Waals surface area contributed by atoms with E-state index in [1.807, 2.05) is 48.2 Å². The molecule has 0 fully saturated rings. The van der Waals surface area contributed by atoms with Crippen LogP contribution in [0.4, 0.5) is 17.1 Å². The summed E-state index contributed by atoms with van der Waals surface area (Å²) in [5.41, 5.74) is 9.14. The smallest absolute Gasteiger partial charge is 0.243 e. The number of nitrogen functional groups attached to an aromatic ring is 1. The number of amides is 1. The number of nitrogens with one attached hydrogen (secondary N) is 1. The van der Waals surface area contributed by atoms with Gasteiger partial charge in [-0.25, -0.2) is 0 Å². The van der Waals surface area contributed by atoms with E-state index < -0.39 is 0 Å². The monoisotopic (exact) mass is 355 g/mol. The lowest BCUT2D eigenvalue weighted by Crippen LogP contribution is -2.43. The number of ether oxygens (including phenoxy) is 2. The molecule has 0 saturated carbocycles. The van der Waals surface area contributed by atoms with Gasteiger partial charge >= 0.3 is 0 Å². The molecule has 0 radical (unpaired) electrons. The maximum atomic E-state index is 12.7. The first-order chi connectivity index (χ1) is 12.5. The van der Waals surface area contributed by atoms with Gasteiger partial charge in [-0.3, -0.25) is 4.79 Å². The molecule has 2 aromatic rings. The summed E-state index contributed by atoms with van der Waals surface area (Å²) in [5.74, 6) is 1.29. The Labute approximate surface area is 153 Å². The second-order valence-electron chi connectivity index (χ2n) is 6.51. The summed E-state index contributed by atoms with van der Waals surface area (Å²) in [5, 5.41) is 2.95. The quantitative estimate of drug-likeness (QED) is 0.806. The Morgan fingerprint density at radius 3 is 2.88 bits per heavy atom. The maximum absolute atomic E-state index is 12.7. The van der Waals surface area contributed by atoms with Gasteiger partial charge in [0.1, 0.15) is 17.6 Å². The second-order valence-corrected chi connectivity index (χ2v) is 6.51. The third-order valence-corrected chi connectivity index (χ3v) is 4.46. The van der Waals surface area contributed by atoms with Crippen LogP contribution in [0.3, 0.4) is 0 Å². The fourth-order valence-electron chi connectivity index (χ4n) is 3.09. The lowest BCUT2D eigenvalue weighted by molar-refractivity contribution is -0.115. The predicted octanol–water partition coefficient (Wildman–Crippen LogP) is 3.20. The summed E-state index contributed by atoms with van der Waals surface area (Å²) in [4.78, 5) is 14.7. The van der Waals surface area contributed by atoms with E-state index in [-0.39, 0.29) is 18.6 Å². The molecule has 1 aliphatic heterocycles. The van der Waals surface area contributed by atoms with Crippen LogP contribution in [0.25, 0.3) is 0 Å². The van der Waals surface area contributed by atoms with E-state index in [9.17, 15) is 4.79 Å². The van der Waals surface area contributed by atoms with E-state index in [4.69, 9.17) is 15.2 Å². The van der Waals surface area contributed by atoms with Crippen LogP contribution in [0.5, 0.6) is 11.5 Å². The first-order valence-electron chi connectivity index (χ1n) is 8.75. The summed E-state index contributed by atoms with van der Waals surface area (Å²) in [6.45, 7) is 4.91. The van der Waals surface area contributed by atoms with Crippen molar-refractivity contribution in [2.45, 2.75) is 26.4 Å². The highest BCUT2D eigenvalue weighted by molar-refractivity contribution is 5.96. The zero-order valence-corrected chi connectivity index (χ0v) is 15.4. The number of fused-ring (bicyclic) bond motifs is 1. The number of nitrogens with zero attached hydrogens (tertiary/aromatic N) is 1. The van der Waals surface area contributed by atoms with Gasteiger partial charge in [-0.1, -0.05) is 13.0 Å². The van der Waals surface area contributed by atoms with E-state index in [1.165, 1.54) is 0 Å². The summed E-state index contributed by atoms with van der Waals surface area (Å²) in [7, 11) is 1.59. The van der Waals surface area contributed by atoms with Crippen LogP contribution in [0, 0.1) is 6.92 Å². The molecule has 1 unspecified atom stereocenters. The minimum absolute atomic E-state index is 0.0485. The van der Waals surface area contributed by atoms with Crippen LogP contribution < -0.4 is 25.4 Å². The average Bonchev–Trinajstić information content (AvgIpc) is 2.62. The molecule has 138 valence electrons. The topological polar surface area (TPSA) is 76.8 Å². The molecule has 3 rings (SSSR count). The maximum Gasteiger partial charge on any atom is 0.243 e. The molecule has 1 amide bonds. The van der Waals surface area contributed by atoms with Crippen molar-refractivity contribution in [3.05, 3.63) is 42.0 Å². The number of rotatable bonds is 5. The van der Waals surface area contributed by atoms with Crippen LogP contribution in [0.15, 0.2) is 36.4 Å². The van der Waals surface area contributed by atoms with Crippen LogP contribution in [0.1, 0.15) is 18.9 Å². The van der Waals surface area contributed by atoms with E-state index in [2.05, 4.69) is 12.2 Å². The Kier molecular flexibility index (Phi) is 5.21. The minimum atomic E-state index is -0.112. The molecule has 1 atom stereocenters. The number of carbonyl (C=O) groups excluding carboxylic acids is 1. The minimum Gasteiger partial charge on any atom is -0.495 e. The van der Waals surface area contributed by atoms with Crippen LogP contribution in [-0.4, -0.2) is 32.2 Å². The number of anilines is 3. The summed E-state index contributed by atoms with van der Waals surface area (Å²) < 4.78 is 11.3. The van der Waals surface area contributed by atoms with Gasteiger partial charge in [0.15, 0.2) is 0 Å².